The largest absolute Gasteiger partial charge is 0.464 e. The molecule has 0 aliphatic rings. The normalized spacial score (nSPS) is 14.8. The van der Waals surface area contributed by atoms with Crippen LogP contribution in [0.1, 0.15) is 17.4 Å². The summed E-state index contributed by atoms with van der Waals surface area (Å²) in [5, 5.41) is 8.89. The Kier molecular flexibility index (Phi) is 6.40. The molecule has 2 N–H and O–H groups in total. The number of carbonyl (C=O) groups excluding carboxylic acids is 1. The van der Waals surface area contributed by atoms with Gasteiger partial charge in [0.25, 0.3) is 10.0 Å². The summed E-state index contributed by atoms with van der Waals surface area (Å²) in [6, 6.07) is -0.493. The number of aromatic nitrogens is 1. The molecule has 20 heavy (non-hydrogen) atoms. The SMILES string of the molecule is COC(=O)c1ncsc1S(=O)(=O)NC(C)C(CO)SC. The molecule has 2 unspecified atom stereocenters. The van der Waals surface area contributed by atoms with Crippen LogP contribution in [0.4, 0.5) is 0 Å². The van der Waals surface area contributed by atoms with Crippen LogP contribution in [-0.4, -0.2) is 55.7 Å². The minimum absolute atomic E-state index is 0.155. The fourth-order valence-corrected chi connectivity index (χ4v) is 4.61. The average molecular weight is 340 g/mol. The standard InChI is InChI=1S/C10H16N2O5S3/c1-6(7(4-13)18-3)12-20(15,16)10-8(9(14)17-2)11-5-19-10/h5-7,12-13H,4H2,1-3H3. The maximum atomic E-state index is 12.2. The van der Waals surface area contributed by atoms with Crippen molar-refractivity contribution in [2.75, 3.05) is 20.0 Å². The van der Waals surface area contributed by atoms with Crippen LogP contribution >= 0.6 is 23.1 Å². The van der Waals surface area contributed by atoms with Crippen LogP contribution in [-0.2, 0) is 14.8 Å². The van der Waals surface area contributed by atoms with Gasteiger partial charge in [0.1, 0.15) is 0 Å². The fraction of sp³-hybridized carbons (Fsp3) is 0.600. The van der Waals surface area contributed by atoms with Gasteiger partial charge >= 0.3 is 5.97 Å². The van der Waals surface area contributed by atoms with Gasteiger partial charge in [-0.1, -0.05) is 0 Å². The lowest BCUT2D eigenvalue weighted by atomic mass is 10.3. The van der Waals surface area contributed by atoms with Crippen LogP contribution < -0.4 is 4.72 Å². The number of ether oxygens (including phenoxy) is 1. The number of nitrogens with zero attached hydrogens (tertiary/aromatic N) is 1. The second kappa shape index (κ2) is 7.36. The number of methoxy groups -OCH3 is 1. The monoisotopic (exact) mass is 340 g/mol. The third kappa shape index (κ3) is 3.92. The molecule has 0 aliphatic heterocycles. The van der Waals surface area contributed by atoms with Crippen LogP contribution in [0.2, 0.25) is 0 Å². The second-order valence-corrected chi connectivity index (χ2v) is 7.69. The molecule has 1 aromatic heterocycles. The van der Waals surface area contributed by atoms with Crippen molar-refractivity contribution in [3.63, 3.8) is 0 Å². The topological polar surface area (TPSA) is 106 Å². The van der Waals surface area contributed by atoms with E-state index in [1.165, 1.54) is 17.3 Å². The Morgan fingerprint density at radius 3 is 2.80 bits per heavy atom. The lowest BCUT2D eigenvalue weighted by Gasteiger charge is -2.20. The van der Waals surface area contributed by atoms with Gasteiger partial charge in [-0.3, -0.25) is 0 Å². The molecule has 0 bridgehead atoms. The molecule has 7 nitrogen and oxygen atoms in total. The van der Waals surface area contributed by atoms with Crippen molar-refractivity contribution < 1.29 is 23.1 Å². The van der Waals surface area contributed by atoms with Gasteiger partial charge in [-0.05, 0) is 13.2 Å². The van der Waals surface area contributed by atoms with Gasteiger partial charge in [0.05, 0.1) is 19.2 Å². The van der Waals surface area contributed by atoms with Crippen LogP contribution in [0.15, 0.2) is 9.72 Å². The van der Waals surface area contributed by atoms with E-state index in [1.807, 2.05) is 0 Å². The zero-order chi connectivity index (χ0) is 15.3. The molecule has 0 radical (unpaired) electrons. The Morgan fingerprint density at radius 1 is 1.65 bits per heavy atom. The number of rotatable bonds is 7. The molecule has 0 saturated carbocycles. The van der Waals surface area contributed by atoms with E-state index < -0.39 is 22.0 Å². The third-order valence-corrected chi connectivity index (χ3v) is 6.63. The minimum Gasteiger partial charge on any atom is -0.464 e. The Balaban J connectivity index is 3.00. The number of hydrogen-bond donors (Lipinski definition) is 2. The van der Waals surface area contributed by atoms with Gasteiger partial charge < -0.3 is 9.84 Å². The highest BCUT2D eigenvalue weighted by molar-refractivity contribution is 7.99. The van der Waals surface area contributed by atoms with Crippen LogP contribution in [0.3, 0.4) is 0 Å². The molecule has 1 aromatic rings. The highest BCUT2D eigenvalue weighted by atomic mass is 32.2. The van der Waals surface area contributed by atoms with E-state index >= 15 is 0 Å². The first-order chi connectivity index (χ1) is 9.37. The van der Waals surface area contributed by atoms with E-state index in [1.54, 1.807) is 13.2 Å². The molecular weight excluding hydrogens is 324 g/mol. The molecular formula is C10H16N2O5S3. The highest BCUT2D eigenvalue weighted by Gasteiger charge is 2.29. The molecule has 0 fully saturated rings. The summed E-state index contributed by atoms with van der Waals surface area (Å²) in [6.07, 6.45) is 1.78. The summed E-state index contributed by atoms with van der Waals surface area (Å²) >= 11 is 2.19. The predicted octanol–water partition coefficient (Wildman–Crippen LogP) is 0.320. The maximum absolute atomic E-state index is 12.2. The molecule has 10 heteroatoms. The molecule has 0 aliphatic carbocycles. The molecule has 0 aromatic carbocycles. The Bertz CT molecular complexity index is 553. The first-order valence-corrected chi connectivity index (χ1v) is 9.20. The zero-order valence-corrected chi connectivity index (χ0v) is 13.6. The van der Waals surface area contributed by atoms with Crippen molar-refractivity contribution in [3.8, 4) is 0 Å². The first kappa shape index (κ1) is 17.4. The van der Waals surface area contributed by atoms with E-state index in [9.17, 15) is 13.2 Å². The van der Waals surface area contributed by atoms with Crippen molar-refractivity contribution in [2.45, 2.75) is 22.4 Å². The zero-order valence-electron chi connectivity index (χ0n) is 11.2. The average Bonchev–Trinajstić information content (AvgIpc) is 2.88. The van der Waals surface area contributed by atoms with Crippen LogP contribution in [0.5, 0.6) is 0 Å². The van der Waals surface area contributed by atoms with Crippen molar-refractivity contribution in [3.05, 3.63) is 11.2 Å². The highest BCUT2D eigenvalue weighted by Crippen LogP contribution is 2.22. The Hall–Kier alpha value is -0.680. The van der Waals surface area contributed by atoms with E-state index in [0.717, 1.165) is 18.4 Å². The number of nitrogens with one attached hydrogen (secondary N) is 1. The summed E-state index contributed by atoms with van der Waals surface area (Å²) in [4.78, 5) is 15.2. The fourth-order valence-electron chi connectivity index (χ4n) is 1.47. The molecule has 2 atom stereocenters. The summed E-state index contributed by atoms with van der Waals surface area (Å²) in [6.45, 7) is 1.49. The number of carbonyl (C=O) groups is 1. The summed E-state index contributed by atoms with van der Waals surface area (Å²) in [7, 11) is -2.73. The molecule has 0 saturated heterocycles. The third-order valence-electron chi connectivity index (χ3n) is 2.54. The molecule has 1 heterocycles. The first-order valence-electron chi connectivity index (χ1n) is 5.55. The number of aliphatic hydroxyl groups is 1. The molecule has 0 spiro atoms. The smallest absolute Gasteiger partial charge is 0.358 e. The van der Waals surface area contributed by atoms with E-state index in [2.05, 4.69) is 14.4 Å². The Morgan fingerprint density at radius 2 is 2.30 bits per heavy atom. The van der Waals surface area contributed by atoms with Gasteiger partial charge in [0.15, 0.2) is 9.90 Å². The number of aliphatic hydroxyl groups excluding tert-OH is 1. The quantitative estimate of drug-likeness (QED) is 0.689. The number of esters is 1. The van der Waals surface area contributed by atoms with Crippen molar-refractivity contribution in [1.82, 2.24) is 9.71 Å². The summed E-state index contributed by atoms with van der Waals surface area (Å²) in [5.41, 5.74) is 1.03. The number of sulfonamides is 1. The van der Waals surface area contributed by atoms with Gasteiger partial charge in [0.2, 0.25) is 0 Å². The number of thiazole rings is 1. The summed E-state index contributed by atoms with van der Waals surface area (Å²) < 4.78 is 31.2. The van der Waals surface area contributed by atoms with Crippen LogP contribution in [0.25, 0.3) is 0 Å². The van der Waals surface area contributed by atoms with Gasteiger partial charge in [-0.15, -0.1) is 11.3 Å². The van der Waals surface area contributed by atoms with Gasteiger partial charge in [-0.25, -0.2) is 22.9 Å². The Labute approximate surface area is 125 Å². The maximum Gasteiger partial charge on any atom is 0.358 e. The molecule has 0 amide bonds. The second-order valence-electron chi connectivity index (χ2n) is 3.85. The number of thioether (sulfide) groups is 1. The van der Waals surface area contributed by atoms with Crippen molar-refractivity contribution in [2.24, 2.45) is 0 Å². The predicted molar refractivity (Wildman–Crippen MR) is 77.6 cm³/mol. The van der Waals surface area contributed by atoms with Crippen LogP contribution in [0, 0.1) is 0 Å². The lowest BCUT2D eigenvalue weighted by molar-refractivity contribution is 0.0590. The molecule has 114 valence electrons. The minimum atomic E-state index is -3.89. The lowest BCUT2D eigenvalue weighted by Crippen LogP contribution is -2.41. The molecule has 1 rings (SSSR count). The van der Waals surface area contributed by atoms with Gasteiger partial charge in [-0.2, -0.15) is 11.8 Å². The van der Waals surface area contributed by atoms with E-state index in [-0.39, 0.29) is 21.8 Å². The van der Waals surface area contributed by atoms with E-state index in [4.69, 9.17) is 5.11 Å². The summed E-state index contributed by atoms with van der Waals surface area (Å²) in [5.74, 6) is -0.803. The van der Waals surface area contributed by atoms with Crippen molar-refractivity contribution >= 4 is 39.1 Å². The van der Waals surface area contributed by atoms with Crippen molar-refractivity contribution in [1.29, 1.82) is 0 Å². The van der Waals surface area contributed by atoms with Gasteiger partial charge in [0, 0.05) is 11.3 Å². The number of hydrogen-bond acceptors (Lipinski definition) is 8. The van der Waals surface area contributed by atoms with E-state index in [0.29, 0.717) is 0 Å².